The van der Waals surface area contributed by atoms with Crippen LogP contribution in [0, 0.1) is 11.3 Å². The van der Waals surface area contributed by atoms with E-state index in [1.165, 1.54) is 25.7 Å². The van der Waals surface area contributed by atoms with Crippen LogP contribution in [-0.4, -0.2) is 13.2 Å². The molecule has 2 aliphatic rings. The summed E-state index contributed by atoms with van der Waals surface area (Å²) >= 11 is 0. The largest absolute Gasteiger partial charge is 0.381 e. The zero-order valence-electron chi connectivity index (χ0n) is 8.73. The fourth-order valence-corrected chi connectivity index (χ4v) is 2.65. The smallest absolute Gasteiger partial charge is 0.0522 e. The van der Waals surface area contributed by atoms with E-state index >= 15 is 0 Å². The lowest BCUT2D eigenvalue weighted by Gasteiger charge is -2.48. The van der Waals surface area contributed by atoms with Crippen molar-refractivity contribution in [2.24, 2.45) is 11.3 Å². The maximum Gasteiger partial charge on any atom is 0.0522 e. The van der Waals surface area contributed by atoms with Crippen LogP contribution >= 0.6 is 0 Å². The van der Waals surface area contributed by atoms with Crippen LogP contribution in [0.1, 0.15) is 46.5 Å². The molecule has 0 bridgehead atoms. The minimum absolute atomic E-state index is 0.650. The highest BCUT2D eigenvalue weighted by Crippen LogP contribution is 2.50. The van der Waals surface area contributed by atoms with Crippen LogP contribution in [0.15, 0.2) is 0 Å². The summed E-state index contributed by atoms with van der Waals surface area (Å²) in [4.78, 5) is 0. The van der Waals surface area contributed by atoms with Gasteiger partial charge in [0, 0.05) is 6.61 Å². The van der Waals surface area contributed by atoms with Crippen LogP contribution in [0.3, 0.4) is 0 Å². The van der Waals surface area contributed by atoms with Crippen molar-refractivity contribution in [3.63, 3.8) is 0 Å². The number of hydrogen-bond acceptors (Lipinski definition) is 1. The van der Waals surface area contributed by atoms with Crippen molar-refractivity contribution >= 4 is 0 Å². The second-order valence-corrected chi connectivity index (χ2v) is 4.17. The van der Waals surface area contributed by atoms with Crippen molar-refractivity contribution < 1.29 is 4.74 Å². The first-order valence-electron chi connectivity index (χ1n) is 5.39. The molecule has 0 unspecified atom stereocenters. The van der Waals surface area contributed by atoms with Crippen molar-refractivity contribution in [2.75, 3.05) is 13.2 Å². The molecule has 72 valence electrons. The molecule has 1 nitrogen and oxygen atoms in total. The molecule has 1 spiro atoms. The predicted octanol–water partition coefficient (Wildman–Crippen LogP) is 3.24. The molecule has 0 atom stereocenters. The lowest BCUT2D eigenvalue weighted by Crippen LogP contribution is -2.42. The normalized spacial score (nSPS) is 39.8. The minimum atomic E-state index is 0.650. The molecule has 2 rings (SSSR count). The van der Waals surface area contributed by atoms with Gasteiger partial charge in [0.1, 0.15) is 0 Å². The average Bonchev–Trinajstić information content (AvgIpc) is 2.08. The molecule has 0 amide bonds. The van der Waals surface area contributed by atoms with E-state index in [1.807, 2.05) is 13.8 Å². The quantitative estimate of drug-likeness (QED) is 0.542. The van der Waals surface area contributed by atoms with Gasteiger partial charge in [-0.3, -0.25) is 0 Å². The molecule has 0 radical (unpaired) electrons. The van der Waals surface area contributed by atoms with Gasteiger partial charge < -0.3 is 4.74 Å². The van der Waals surface area contributed by atoms with Gasteiger partial charge in [-0.2, -0.15) is 0 Å². The van der Waals surface area contributed by atoms with Crippen LogP contribution < -0.4 is 0 Å². The first-order chi connectivity index (χ1) is 5.81. The van der Waals surface area contributed by atoms with Gasteiger partial charge in [0.25, 0.3) is 0 Å². The second kappa shape index (κ2) is 4.27. The van der Waals surface area contributed by atoms with Crippen molar-refractivity contribution in [1.29, 1.82) is 0 Å². The zero-order valence-corrected chi connectivity index (χ0v) is 8.73. The Bertz CT molecular complexity index is 109. The Morgan fingerprint density at radius 1 is 1.25 bits per heavy atom. The van der Waals surface area contributed by atoms with E-state index in [2.05, 4.69) is 6.92 Å². The van der Waals surface area contributed by atoms with Crippen LogP contribution in [0.25, 0.3) is 0 Å². The lowest BCUT2D eigenvalue weighted by molar-refractivity contribution is -0.0771. The molecule has 0 aromatic rings. The third-order valence-corrected chi connectivity index (χ3v) is 2.97. The molecule has 1 heterocycles. The van der Waals surface area contributed by atoms with E-state index in [0.29, 0.717) is 5.41 Å². The average molecular weight is 170 g/mol. The van der Waals surface area contributed by atoms with E-state index in [1.54, 1.807) is 0 Å². The summed E-state index contributed by atoms with van der Waals surface area (Å²) < 4.78 is 5.48. The van der Waals surface area contributed by atoms with Gasteiger partial charge in [0.2, 0.25) is 0 Å². The first-order valence-corrected chi connectivity index (χ1v) is 5.39. The molecule has 1 saturated carbocycles. The fourth-order valence-electron chi connectivity index (χ4n) is 2.65. The van der Waals surface area contributed by atoms with Crippen LogP contribution in [0.5, 0.6) is 0 Å². The van der Waals surface area contributed by atoms with Gasteiger partial charge >= 0.3 is 0 Å². The summed E-state index contributed by atoms with van der Waals surface area (Å²) in [5, 5.41) is 0. The lowest BCUT2D eigenvalue weighted by atomic mass is 9.60. The summed E-state index contributed by atoms with van der Waals surface area (Å²) in [7, 11) is 0. The van der Waals surface area contributed by atoms with Crippen LogP contribution in [0.2, 0.25) is 0 Å². The second-order valence-electron chi connectivity index (χ2n) is 4.17. The third kappa shape index (κ3) is 2.01. The molecule has 1 saturated heterocycles. The number of hydrogen-bond donors (Lipinski definition) is 0. The predicted molar refractivity (Wildman–Crippen MR) is 52.2 cm³/mol. The number of ether oxygens (including phenoxy) is 1. The van der Waals surface area contributed by atoms with E-state index in [-0.39, 0.29) is 0 Å². The Morgan fingerprint density at radius 3 is 2.33 bits per heavy atom. The highest BCUT2D eigenvalue weighted by molar-refractivity contribution is 4.92. The van der Waals surface area contributed by atoms with Gasteiger partial charge in [-0.1, -0.05) is 20.8 Å². The van der Waals surface area contributed by atoms with Crippen molar-refractivity contribution in [3.8, 4) is 0 Å². The fraction of sp³-hybridized carbons (Fsp3) is 1.00. The van der Waals surface area contributed by atoms with E-state index < -0.39 is 0 Å². The Hall–Kier alpha value is -0.0400. The highest BCUT2D eigenvalue weighted by Gasteiger charge is 2.42. The van der Waals surface area contributed by atoms with E-state index in [4.69, 9.17) is 4.74 Å². The van der Waals surface area contributed by atoms with Crippen molar-refractivity contribution in [2.45, 2.75) is 46.5 Å². The topological polar surface area (TPSA) is 9.23 Å². The monoisotopic (exact) mass is 170 g/mol. The molecular formula is C11H22O. The van der Waals surface area contributed by atoms with Gasteiger partial charge in [-0.15, -0.1) is 0 Å². The summed E-state index contributed by atoms with van der Waals surface area (Å²) in [5.41, 5.74) is 0.650. The maximum atomic E-state index is 5.48. The van der Waals surface area contributed by atoms with Gasteiger partial charge in [-0.05, 0) is 37.0 Å². The molecule has 1 aliphatic carbocycles. The Labute approximate surface area is 76.5 Å². The summed E-state index contributed by atoms with van der Waals surface area (Å²) in [6, 6.07) is 0. The zero-order chi connectivity index (χ0) is 9.03. The Kier molecular flexibility index (Phi) is 3.57. The van der Waals surface area contributed by atoms with Crippen molar-refractivity contribution in [1.82, 2.24) is 0 Å². The van der Waals surface area contributed by atoms with Crippen molar-refractivity contribution in [3.05, 3.63) is 0 Å². The van der Waals surface area contributed by atoms with E-state index in [0.717, 1.165) is 19.1 Å². The molecule has 1 heteroatoms. The van der Waals surface area contributed by atoms with E-state index in [9.17, 15) is 0 Å². The molecule has 1 aliphatic heterocycles. The third-order valence-electron chi connectivity index (χ3n) is 2.97. The molecule has 12 heavy (non-hydrogen) atoms. The maximum absolute atomic E-state index is 5.48. The molecular weight excluding hydrogens is 148 g/mol. The Balaban J connectivity index is 0.000000336. The summed E-state index contributed by atoms with van der Waals surface area (Å²) in [5.74, 6) is 0.974. The summed E-state index contributed by atoms with van der Waals surface area (Å²) in [6.45, 7) is 8.41. The van der Waals surface area contributed by atoms with Gasteiger partial charge in [0.05, 0.1) is 6.61 Å². The minimum Gasteiger partial charge on any atom is -0.381 e. The SMILES string of the molecule is CC.CC1CC2(CCCOC2)C1. The molecule has 2 fully saturated rings. The number of rotatable bonds is 0. The van der Waals surface area contributed by atoms with Crippen LogP contribution in [0.4, 0.5) is 0 Å². The summed E-state index contributed by atoms with van der Waals surface area (Å²) in [6.07, 6.45) is 5.57. The highest BCUT2D eigenvalue weighted by atomic mass is 16.5. The van der Waals surface area contributed by atoms with Crippen LogP contribution in [-0.2, 0) is 4.74 Å². The molecule has 0 aromatic carbocycles. The standard InChI is InChI=1S/C9H16O.C2H6/c1-8-5-9(6-8)3-2-4-10-7-9;1-2/h8H,2-7H2,1H3;1-2H3. The Morgan fingerprint density at radius 2 is 1.92 bits per heavy atom. The molecule has 0 aromatic heterocycles. The van der Waals surface area contributed by atoms with Gasteiger partial charge in [-0.25, -0.2) is 0 Å². The van der Waals surface area contributed by atoms with Gasteiger partial charge in [0.15, 0.2) is 0 Å². The molecule has 0 N–H and O–H groups in total. The first kappa shape index (κ1) is 10.0.